The fourth-order valence-electron chi connectivity index (χ4n) is 2.76. The lowest BCUT2D eigenvalue weighted by Crippen LogP contribution is -2.39. The molecular weight excluding hydrogens is 397 g/mol. The van der Waals surface area contributed by atoms with Gasteiger partial charge >= 0.3 is 0 Å². The van der Waals surface area contributed by atoms with Gasteiger partial charge in [0.1, 0.15) is 0 Å². The molecule has 2 aromatic rings. The number of benzene rings is 2. The minimum absolute atomic E-state index is 0. The average Bonchev–Trinajstić information content (AvgIpc) is 3.37. The van der Waals surface area contributed by atoms with Crippen LogP contribution in [0, 0.1) is 5.92 Å². The van der Waals surface area contributed by atoms with Crippen molar-refractivity contribution in [1.29, 1.82) is 0 Å². The van der Waals surface area contributed by atoms with Gasteiger partial charge in [-0.3, -0.25) is 4.99 Å². The van der Waals surface area contributed by atoms with Crippen LogP contribution in [0.15, 0.2) is 47.5 Å². The number of guanidine groups is 1. The minimum Gasteiger partial charge on any atom is -0.356 e. The SMILES string of the molecule is CN=C(NCCC1CC1)NC(C)c1ccc2ccccc2c1.I. The number of halogens is 1. The third kappa shape index (κ3) is 5.09. The van der Waals surface area contributed by atoms with Crippen LogP contribution in [0.3, 0.4) is 0 Å². The van der Waals surface area contributed by atoms with Gasteiger partial charge in [0.15, 0.2) is 5.96 Å². The fraction of sp³-hybridized carbons (Fsp3) is 0.421. The second kappa shape index (κ2) is 8.52. The van der Waals surface area contributed by atoms with Crippen molar-refractivity contribution in [3.8, 4) is 0 Å². The van der Waals surface area contributed by atoms with Crippen molar-refractivity contribution in [3.63, 3.8) is 0 Å². The smallest absolute Gasteiger partial charge is 0.191 e. The Morgan fingerprint density at radius 1 is 1.17 bits per heavy atom. The summed E-state index contributed by atoms with van der Waals surface area (Å²) in [4.78, 5) is 4.33. The third-order valence-corrected chi connectivity index (χ3v) is 4.39. The summed E-state index contributed by atoms with van der Waals surface area (Å²) in [7, 11) is 1.83. The van der Waals surface area contributed by atoms with Gasteiger partial charge in [0, 0.05) is 13.6 Å². The number of aliphatic imine (C=N–C) groups is 1. The number of nitrogens with zero attached hydrogens (tertiary/aromatic N) is 1. The molecule has 2 aromatic carbocycles. The van der Waals surface area contributed by atoms with E-state index >= 15 is 0 Å². The van der Waals surface area contributed by atoms with Gasteiger partial charge in [0.2, 0.25) is 0 Å². The first-order valence-electron chi connectivity index (χ1n) is 8.22. The lowest BCUT2D eigenvalue weighted by atomic mass is 10.0. The Morgan fingerprint density at radius 2 is 1.91 bits per heavy atom. The largest absolute Gasteiger partial charge is 0.356 e. The van der Waals surface area contributed by atoms with Crippen LogP contribution < -0.4 is 10.6 Å². The summed E-state index contributed by atoms with van der Waals surface area (Å²) < 4.78 is 0. The zero-order chi connectivity index (χ0) is 15.4. The van der Waals surface area contributed by atoms with Crippen LogP contribution in [0.5, 0.6) is 0 Å². The highest BCUT2D eigenvalue weighted by Gasteiger charge is 2.20. The second-order valence-corrected chi connectivity index (χ2v) is 6.20. The maximum Gasteiger partial charge on any atom is 0.191 e. The van der Waals surface area contributed by atoms with Crippen molar-refractivity contribution in [2.75, 3.05) is 13.6 Å². The molecular formula is C19H26IN3. The van der Waals surface area contributed by atoms with Gasteiger partial charge in [-0.2, -0.15) is 0 Å². The van der Waals surface area contributed by atoms with Crippen LogP contribution in [0.25, 0.3) is 10.8 Å². The summed E-state index contributed by atoms with van der Waals surface area (Å²) in [6.07, 6.45) is 4.06. The van der Waals surface area contributed by atoms with E-state index in [0.717, 1.165) is 18.4 Å². The van der Waals surface area contributed by atoms with Crippen LogP contribution in [-0.4, -0.2) is 19.6 Å². The molecule has 0 amide bonds. The Balaban J connectivity index is 0.00000192. The number of hydrogen-bond acceptors (Lipinski definition) is 1. The van der Waals surface area contributed by atoms with Gasteiger partial charge in [0.25, 0.3) is 0 Å². The summed E-state index contributed by atoms with van der Waals surface area (Å²) in [5.41, 5.74) is 1.28. The van der Waals surface area contributed by atoms with Crippen LogP contribution in [0.2, 0.25) is 0 Å². The van der Waals surface area contributed by atoms with Gasteiger partial charge in [0.05, 0.1) is 6.04 Å². The van der Waals surface area contributed by atoms with Crippen molar-refractivity contribution in [1.82, 2.24) is 10.6 Å². The normalized spacial score (nSPS) is 15.8. The molecule has 3 nitrogen and oxygen atoms in total. The van der Waals surface area contributed by atoms with E-state index in [2.05, 4.69) is 65.0 Å². The molecule has 1 unspecified atom stereocenters. The molecule has 124 valence electrons. The highest BCUT2D eigenvalue weighted by molar-refractivity contribution is 14.0. The van der Waals surface area contributed by atoms with Gasteiger partial charge in [-0.1, -0.05) is 49.2 Å². The third-order valence-electron chi connectivity index (χ3n) is 4.39. The Hall–Kier alpha value is -1.30. The molecule has 2 N–H and O–H groups in total. The van der Waals surface area contributed by atoms with Crippen molar-refractivity contribution in [3.05, 3.63) is 48.0 Å². The zero-order valence-corrected chi connectivity index (χ0v) is 16.2. The molecule has 1 aliphatic carbocycles. The monoisotopic (exact) mass is 423 g/mol. The first kappa shape index (κ1) is 18.0. The molecule has 4 heteroatoms. The standard InChI is InChI=1S/C19H25N3.HI/c1-14(22-19(20-2)21-12-11-15-7-8-15)17-10-9-16-5-3-4-6-18(16)13-17;/h3-6,9-10,13-15H,7-8,11-12H2,1-2H3,(H2,20,21,22);1H. The van der Waals surface area contributed by atoms with E-state index in [1.165, 1.54) is 35.6 Å². The van der Waals surface area contributed by atoms with Crippen LogP contribution in [0.1, 0.15) is 37.8 Å². The van der Waals surface area contributed by atoms with E-state index in [1.807, 2.05) is 7.05 Å². The Bertz CT molecular complexity index is 664. The zero-order valence-electron chi connectivity index (χ0n) is 13.9. The Kier molecular flexibility index (Phi) is 6.69. The molecule has 0 heterocycles. The molecule has 1 atom stereocenters. The van der Waals surface area contributed by atoms with Crippen molar-refractivity contribution in [2.45, 2.75) is 32.2 Å². The van der Waals surface area contributed by atoms with Crippen LogP contribution in [0.4, 0.5) is 0 Å². The predicted octanol–water partition coefficient (Wildman–Crippen LogP) is 4.48. The second-order valence-electron chi connectivity index (χ2n) is 6.20. The van der Waals surface area contributed by atoms with Crippen LogP contribution >= 0.6 is 24.0 Å². The van der Waals surface area contributed by atoms with Gasteiger partial charge in [-0.15, -0.1) is 24.0 Å². The molecule has 3 rings (SSSR count). The Labute approximate surface area is 156 Å². The molecule has 0 saturated heterocycles. The maximum absolute atomic E-state index is 4.33. The molecule has 1 fully saturated rings. The Morgan fingerprint density at radius 3 is 2.61 bits per heavy atom. The van der Waals surface area contributed by atoms with E-state index in [0.29, 0.717) is 0 Å². The predicted molar refractivity (Wildman–Crippen MR) is 110 cm³/mol. The van der Waals surface area contributed by atoms with E-state index < -0.39 is 0 Å². The molecule has 1 saturated carbocycles. The van der Waals surface area contributed by atoms with E-state index in [9.17, 15) is 0 Å². The highest BCUT2D eigenvalue weighted by Crippen LogP contribution is 2.31. The summed E-state index contributed by atoms with van der Waals surface area (Å²) in [6.45, 7) is 3.19. The lowest BCUT2D eigenvalue weighted by Gasteiger charge is -2.18. The van der Waals surface area contributed by atoms with Crippen molar-refractivity contribution in [2.24, 2.45) is 10.9 Å². The van der Waals surface area contributed by atoms with Crippen molar-refractivity contribution >= 4 is 40.7 Å². The summed E-state index contributed by atoms with van der Waals surface area (Å²) in [5, 5.41) is 9.46. The fourth-order valence-corrected chi connectivity index (χ4v) is 2.76. The number of nitrogens with one attached hydrogen (secondary N) is 2. The molecule has 0 aromatic heterocycles. The van der Waals surface area contributed by atoms with Gasteiger partial charge < -0.3 is 10.6 Å². The average molecular weight is 423 g/mol. The van der Waals surface area contributed by atoms with Gasteiger partial charge in [-0.05, 0) is 41.7 Å². The van der Waals surface area contributed by atoms with Crippen molar-refractivity contribution < 1.29 is 0 Å². The number of fused-ring (bicyclic) bond motifs is 1. The number of hydrogen-bond donors (Lipinski definition) is 2. The first-order valence-corrected chi connectivity index (χ1v) is 8.22. The van der Waals surface area contributed by atoms with E-state index in [-0.39, 0.29) is 30.0 Å². The molecule has 0 spiro atoms. The highest BCUT2D eigenvalue weighted by atomic mass is 127. The number of rotatable bonds is 5. The molecule has 23 heavy (non-hydrogen) atoms. The van der Waals surface area contributed by atoms with E-state index in [4.69, 9.17) is 0 Å². The topological polar surface area (TPSA) is 36.4 Å². The summed E-state index contributed by atoms with van der Waals surface area (Å²) >= 11 is 0. The van der Waals surface area contributed by atoms with Gasteiger partial charge in [-0.25, -0.2) is 0 Å². The molecule has 0 bridgehead atoms. The van der Waals surface area contributed by atoms with Crippen LogP contribution in [-0.2, 0) is 0 Å². The minimum atomic E-state index is 0. The lowest BCUT2D eigenvalue weighted by molar-refractivity contribution is 0.654. The quantitative estimate of drug-likeness (QED) is 0.423. The molecule has 1 aliphatic rings. The summed E-state index contributed by atoms with van der Waals surface area (Å²) in [5.74, 6) is 1.84. The maximum atomic E-state index is 4.33. The molecule has 0 radical (unpaired) electrons. The first-order chi connectivity index (χ1) is 10.8. The van der Waals surface area contributed by atoms with E-state index in [1.54, 1.807) is 0 Å². The molecule has 0 aliphatic heterocycles. The summed E-state index contributed by atoms with van der Waals surface area (Å²) in [6, 6.07) is 15.3.